The summed E-state index contributed by atoms with van der Waals surface area (Å²) in [5.41, 5.74) is 2.03. The molecule has 0 heterocycles. The van der Waals surface area contributed by atoms with Crippen LogP contribution in [0, 0.1) is 23.3 Å². The lowest BCUT2D eigenvalue weighted by Gasteiger charge is -2.34. The van der Waals surface area contributed by atoms with Gasteiger partial charge >= 0.3 is 20.2 Å². The summed E-state index contributed by atoms with van der Waals surface area (Å²) < 4.78 is 120. The molecule has 246 valence electrons. The van der Waals surface area contributed by atoms with Gasteiger partial charge in [0.15, 0.2) is 23.1 Å². The van der Waals surface area contributed by atoms with Crippen LogP contribution in [0.15, 0.2) is 143 Å². The Bertz CT molecular complexity index is 2290. The zero-order chi connectivity index (χ0) is 34.6. The van der Waals surface area contributed by atoms with Gasteiger partial charge in [-0.15, -0.1) is 0 Å². The van der Waals surface area contributed by atoms with Crippen LogP contribution >= 0.6 is 0 Å². The second-order valence-corrected chi connectivity index (χ2v) is 14.2. The standard InChI is InChI=1S/C37H22F4O6S2/c38-25-11-15-27(16-12-25)48(42,43)46-35-19-9-23(21-33(35)40)37(31-7-3-1-5-29(31)30-6-2-4-8-32(30)37)24-10-20-36(34(41)22-24)47-49(44,45)28-17-13-26(39)14-18-28/h1-22H. The molecule has 12 heteroatoms. The molecule has 6 aromatic rings. The first-order valence-corrected chi connectivity index (χ1v) is 17.4. The number of halogens is 4. The van der Waals surface area contributed by atoms with E-state index in [2.05, 4.69) is 0 Å². The van der Waals surface area contributed by atoms with Crippen LogP contribution in [0.5, 0.6) is 11.5 Å². The first-order chi connectivity index (χ1) is 23.4. The quantitative estimate of drug-likeness (QED) is 0.117. The fourth-order valence-electron chi connectivity index (χ4n) is 6.16. The average Bonchev–Trinajstić information content (AvgIpc) is 3.38. The molecule has 49 heavy (non-hydrogen) atoms. The third kappa shape index (κ3) is 5.52. The van der Waals surface area contributed by atoms with Gasteiger partial charge in [-0.25, -0.2) is 17.6 Å². The van der Waals surface area contributed by atoms with E-state index in [1.807, 2.05) is 24.3 Å². The molecule has 1 aliphatic carbocycles. The van der Waals surface area contributed by atoms with Crippen molar-refractivity contribution in [2.75, 3.05) is 0 Å². The first-order valence-electron chi connectivity index (χ1n) is 14.6. The van der Waals surface area contributed by atoms with Gasteiger partial charge in [-0.2, -0.15) is 16.8 Å². The van der Waals surface area contributed by atoms with Crippen LogP contribution in [-0.4, -0.2) is 16.8 Å². The summed E-state index contributed by atoms with van der Waals surface area (Å²) in [6.45, 7) is 0. The lowest BCUT2D eigenvalue weighted by Crippen LogP contribution is -2.29. The predicted octanol–water partition coefficient (Wildman–Crippen LogP) is 8.14. The van der Waals surface area contributed by atoms with Crippen molar-refractivity contribution >= 4 is 20.2 Å². The fourth-order valence-corrected chi connectivity index (χ4v) is 8.04. The average molecular weight is 703 g/mol. The molecule has 1 aliphatic rings. The molecule has 6 aromatic carbocycles. The second kappa shape index (κ2) is 11.9. The highest BCUT2D eigenvalue weighted by molar-refractivity contribution is 7.87. The Hall–Kier alpha value is -5.46. The van der Waals surface area contributed by atoms with Gasteiger partial charge in [0.05, 0.1) is 5.41 Å². The van der Waals surface area contributed by atoms with E-state index in [0.29, 0.717) is 11.1 Å². The lowest BCUT2D eigenvalue weighted by molar-refractivity contribution is 0.460. The van der Waals surface area contributed by atoms with E-state index in [0.717, 1.165) is 83.9 Å². The molecule has 0 unspecified atom stereocenters. The van der Waals surface area contributed by atoms with Crippen LogP contribution in [0.1, 0.15) is 22.3 Å². The summed E-state index contributed by atoms with van der Waals surface area (Å²) in [6, 6.07) is 29.6. The van der Waals surface area contributed by atoms with E-state index in [4.69, 9.17) is 8.37 Å². The summed E-state index contributed by atoms with van der Waals surface area (Å²) in [6.07, 6.45) is 0. The van der Waals surface area contributed by atoms with Gasteiger partial charge in [-0.1, -0.05) is 60.7 Å². The van der Waals surface area contributed by atoms with E-state index >= 15 is 8.78 Å². The third-order valence-corrected chi connectivity index (χ3v) is 10.8. The monoisotopic (exact) mass is 702 g/mol. The highest BCUT2D eigenvalue weighted by atomic mass is 32.2. The minimum Gasteiger partial charge on any atom is -0.376 e. The number of rotatable bonds is 8. The summed E-state index contributed by atoms with van der Waals surface area (Å²) in [5.74, 6) is -4.66. The number of hydrogen-bond donors (Lipinski definition) is 0. The minimum absolute atomic E-state index is 0.279. The Balaban J connectivity index is 1.36. The lowest BCUT2D eigenvalue weighted by atomic mass is 9.67. The van der Waals surface area contributed by atoms with Crippen LogP contribution in [0.4, 0.5) is 17.6 Å². The van der Waals surface area contributed by atoms with Gasteiger partial charge in [0, 0.05) is 0 Å². The second-order valence-electron chi connectivity index (χ2n) is 11.1. The molecule has 7 rings (SSSR count). The molecule has 0 amide bonds. The Morgan fingerprint density at radius 3 is 1.18 bits per heavy atom. The zero-order valence-corrected chi connectivity index (χ0v) is 26.6. The summed E-state index contributed by atoms with van der Waals surface area (Å²) in [7, 11) is -9.07. The molecule has 0 saturated heterocycles. The fraction of sp³-hybridized carbons (Fsp3) is 0.0270. The van der Waals surface area contributed by atoms with Crippen LogP contribution < -0.4 is 8.37 Å². The Labute approximate surface area is 279 Å². The van der Waals surface area contributed by atoms with Crippen LogP contribution in [0.2, 0.25) is 0 Å². The number of benzene rings is 6. The normalized spacial score (nSPS) is 13.4. The maximum atomic E-state index is 15.9. The molecule has 0 fully saturated rings. The molecule has 6 nitrogen and oxygen atoms in total. The smallest absolute Gasteiger partial charge is 0.339 e. The van der Waals surface area contributed by atoms with Gasteiger partial charge < -0.3 is 8.37 Å². The first kappa shape index (κ1) is 32.1. The topological polar surface area (TPSA) is 86.7 Å². The van der Waals surface area contributed by atoms with Crippen molar-refractivity contribution in [1.82, 2.24) is 0 Å². The van der Waals surface area contributed by atoms with Crippen molar-refractivity contribution in [3.05, 3.63) is 179 Å². The van der Waals surface area contributed by atoms with Gasteiger partial charge in [0.2, 0.25) is 0 Å². The molecular weight excluding hydrogens is 681 g/mol. The van der Waals surface area contributed by atoms with Crippen LogP contribution in [0.3, 0.4) is 0 Å². The Morgan fingerprint density at radius 2 is 0.816 bits per heavy atom. The minimum atomic E-state index is -4.53. The number of fused-ring (bicyclic) bond motifs is 3. The van der Waals surface area contributed by atoms with Crippen LogP contribution in [0.25, 0.3) is 11.1 Å². The Kier molecular flexibility index (Phi) is 7.80. The maximum absolute atomic E-state index is 15.9. The summed E-state index contributed by atoms with van der Waals surface area (Å²) >= 11 is 0. The van der Waals surface area contributed by atoms with Gasteiger partial charge in [-0.05, 0) is 106 Å². The number of hydrogen-bond acceptors (Lipinski definition) is 6. The highest BCUT2D eigenvalue weighted by Crippen LogP contribution is 2.56. The highest BCUT2D eigenvalue weighted by Gasteiger charge is 2.46. The van der Waals surface area contributed by atoms with E-state index < -0.39 is 60.4 Å². The van der Waals surface area contributed by atoms with E-state index in [1.54, 1.807) is 24.3 Å². The largest absolute Gasteiger partial charge is 0.376 e. The van der Waals surface area contributed by atoms with Gasteiger partial charge in [-0.3, -0.25) is 0 Å². The van der Waals surface area contributed by atoms with Crippen molar-refractivity contribution in [1.29, 1.82) is 0 Å². The molecule has 0 atom stereocenters. The molecule has 0 aliphatic heterocycles. The summed E-state index contributed by atoms with van der Waals surface area (Å²) in [4.78, 5) is -0.765. The van der Waals surface area contributed by atoms with Crippen molar-refractivity contribution in [2.45, 2.75) is 15.2 Å². The molecule has 0 radical (unpaired) electrons. The maximum Gasteiger partial charge on any atom is 0.339 e. The third-order valence-electron chi connectivity index (χ3n) is 8.29. The molecule has 0 spiro atoms. The van der Waals surface area contributed by atoms with Crippen molar-refractivity contribution in [2.24, 2.45) is 0 Å². The predicted molar refractivity (Wildman–Crippen MR) is 172 cm³/mol. The van der Waals surface area contributed by atoms with E-state index in [9.17, 15) is 25.6 Å². The molecule has 0 saturated carbocycles. The molecule has 0 bridgehead atoms. The zero-order valence-electron chi connectivity index (χ0n) is 25.0. The van der Waals surface area contributed by atoms with Crippen molar-refractivity contribution in [3.63, 3.8) is 0 Å². The Morgan fingerprint density at radius 1 is 0.449 bits per heavy atom. The van der Waals surface area contributed by atoms with Crippen LogP contribution in [-0.2, 0) is 25.7 Å². The van der Waals surface area contributed by atoms with Crippen molar-refractivity contribution in [3.8, 4) is 22.6 Å². The molecule has 0 aromatic heterocycles. The molecule has 0 N–H and O–H groups in total. The van der Waals surface area contributed by atoms with Gasteiger partial charge in [0.1, 0.15) is 21.4 Å². The molecular formula is C37H22F4O6S2. The van der Waals surface area contributed by atoms with Gasteiger partial charge in [0.25, 0.3) is 0 Å². The van der Waals surface area contributed by atoms with E-state index in [-0.39, 0.29) is 20.9 Å². The van der Waals surface area contributed by atoms with E-state index in [1.165, 1.54) is 12.1 Å². The summed E-state index contributed by atoms with van der Waals surface area (Å²) in [5, 5.41) is 0. The van der Waals surface area contributed by atoms with Crippen molar-refractivity contribution < 1.29 is 42.8 Å². The SMILES string of the molecule is O=S(=O)(Oc1ccc(C2(c3ccc(OS(=O)(=O)c4ccc(F)cc4)c(F)c3)c3ccccc3-c3ccccc32)cc1F)c1ccc(F)cc1.